The third-order valence-electron chi connectivity index (χ3n) is 0. The molecule has 4 heteroatoms. The summed E-state index contributed by atoms with van der Waals surface area (Å²) in [5.74, 6) is 3.51. The van der Waals surface area contributed by atoms with Crippen LogP contribution in [0.3, 0.4) is 0 Å². The predicted molar refractivity (Wildman–Crippen MR) is 24.5 cm³/mol. The molecule has 0 spiro atoms. The van der Waals surface area contributed by atoms with E-state index in [0.29, 0.717) is 0 Å². The molecule has 0 heterocycles. The van der Waals surface area contributed by atoms with E-state index in [2.05, 4.69) is 10.7 Å². The van der Waals surface area contributed by atoms with Crippen molar-refractivity contribution >= 4 is 5.97 Å². The quantitative estimate of drug-likeness (QED) is 0.413. The van der Waals surface area contributed by atoms with Crippen molar-refractivity contribution in [1.82, 2.24) is 0 Å². The van der Waals surface area contributed by atoms with Crippen LogP contribution in [-0.4, -0.2) is 18.2 Å². The monoisotopic (exact) mass is 107 g/mol. The molecule has 44 valence electrons. The molecule has 0 atom stereocenters. The minimum Gasteiger partial charge on any atom is -0.481 e. The van der Waals surface area contributed by atoms with E-state index in [1.807, 2.05) is 0 Å². The molecule has 0 amide bonds. The van der Waals surface area contributed by atoms with E-state index in [4.69, 9.17) is 9.90 Å². The number of aliphatic carboxylic acids is 1. The molecule has 4 nitrogen and oxygen atoms in total. The van der Waals surface area contributed by atoms with Gasteiger partial charge < -0.3 is 9.94 Å². The molecule has 0 saturated heterocycles. The minimum absolute atomic E-state index is 0.833. The highest BCUT2D eigenvalue weighted by Gasteiger charge is 1.65. The zero-order valence-electron chi connectivity index (χ0n) is 4.34. The summed E-state index contributed by atoms with van der Waals surface area (Å²) in [6.45, 7) is 1.08. The standard InChI is InChI=1S/C2H4O2.CH5NO/c1-2(3)4;1-3-2/h1H3,(H,3,4);2H2,1H3. The Bertz CT molecular complexity index is 41.4. The lowest BCUT2D eigenvalue weighted by Crippen LogP contribution is -1.86. The average Bonchev–Trinajstić information content (AvgIpc) is 1.33. The van der Waals surface area contributed by atoms with Gasteiger partial charge in [-0.1, -0.05) is 0 Å². The first-order chi connectivity index (χ1) is 3.15. The molecule has 0 saturated carbocycles. The smallest absolute Gasteiger partial charge is 0.300 e. The van der Waals surface area contributed by atoms with Gasteiger partial charge >= 0.3 is 0 Å². The van der Waals surface area contributed by atoms with Gasteiger partial charge in [-0.3, -0.25) is 4.79 Å². The van der Waals surface area contributed by atoms with Gasteiger partial charge in [-0.2, -0.15) is 0 Å². The van der Waals surface area contributed by atoms with Crippen molar-refractivity contribution in [2.75, 3.05) is 7.11 Å². The van der Waals surface area contributed by atoms with Crippen LogP contribution >= 0.6 is 0 Å². The molecule has 0 aromatic rings. The van der Waals surface area contributed by atoms with Crippen LogP contribution in [0.4, 0.5) is 0 Å². The van der Waals surface area contributed by atoms with Gasteiger partial charge in [0.2, 0.25) is 0 Å². The number of nitrogens with two attached hydrogens (primary N) is 1. The Kier molecular flexibility index (Phi) is 12.4. The zero-order valence-corrected chi connectivity index (χ0v) is 4.34. The second-order valence-electron chi connectivity index (χ2n) is 0.755. The lowest BCUT2D eigenvalue weighted by Gasteiger charge is -1.62. The topological polar surface area (TPSA) is 72.5 Å². The van der Waals surface area contributed by atoms with E-state index in [0.717, 1.165) is 6.92 Å². The number of hydrogen-bond acceptors (Lipinski definition) is 3. The van der Waals surface area contributed by atoms with Gasteiger partial charge in [0, 0.05) is 6.92 Å². The number of rotatable bonds is 0. The van der Waals surface area contributed by atoms with Gasteiger partial charge in [-0.15, -0.1) is 0 Å². The van der Waals surface area contributed by atoms with Crippen LogP contribution in [-0.2, 0) is 9.63 Å². The van der Waals surface area contributed by atoms with E-state index >= 15 is 0 Å². The molecule has 0 aliphatic heterocycles. The van der Waals surface area contributed by atoms with Crippen molar-refractivity contribution in [1.29, 1.82) is 0 Å². The summed E-state index contributed by atoms with van der Waals surface area (Å²) in [6, 6.07) is 0. The molecule has 0 aliphatic carbocycles. The second-order valence-corrected chi connectivity index (χ2v) is 0.755. The van der Waals surface area contributed by atoms with Crippen molar-refractivity contribution in [3.63, 3.8) is 0 Å². The number of carbonyl (C=O) groups is 1. The van der Waals surface area contributed by atoms with Crippen LogP contribution in [0.2, 0.25) is 0 Å². The summed E-state index contributed by atoms with van der Waals surface area (Å²) >= 11 is 0. The first kappa shape index (κ1) is 9.63. The van der Waals surface area contributed by atoms with E-state index in [-0.39, 0.29) is 0 Å². The normalized spacial score (nSPS) is 6.14. The molecule has 3 N–H and O–H groups in total. The lowest BCUT2D eigenvalue weighted by molar-refractivity contribution is -0.134. The third-order valence-corrected chi connectivity index (χ3v) is 0. The maximum Gasteiger partial charge on any atom is 0.300 e. The Hall–Kier alpha value is -0.610. The van der Waals surface area contributed by atoms with Crippen LogP contribution in [0.5, 0.6) is 0 Å². The molecule has 0 radical (unpaired) electrons. The van der Waals surface area contributed by atoms with Crippen molar-refractivity contribution in [2.45, 2.75) is 6.92 Å². The van der Waals surface area contributed by atoms with Crippen molar-refractivity contribution < 1.29 is 14.7 Å². The van der Waals surface area contributed by atoms with Crippen LogP contribution < -0.4 is 5.90 Å². The second kappa shape index (κ2) is 9.04. The Morgan fingerprint density at radius 3 is 1.86 bits per heavy atom. The van der Waals surface area contributed by atoms with Gasteiger partial charge in [0.25, 0.3) is 5.97 Å². The Labute approximate surface area is 41.8 Å². The van der Waals surface area contributed by atoms with E-state index in [9.17, 15) is 0 Å². The molecule has 0 unspecified atom stereocenters. The van der Waals surface area contributed by atoms with Gasteiger partial charge in [0.15, 0.2) is 0 Å². The molecule has 0 aromatic heterocycles. The van der Waals surface area contributed by atoms with Gasteiger partial charge in [0.05, 0.1) is 7.11 Å². The SMILES string of the molecule is CC(=O)O.CON. The van der Waals surface area contributed by atoms with Crippen molar-refractivity contribution in [3.05, 3.63) is 0 Å². The number of hydrogen-bond donors (Lipinski definition) is 2. The molecule has 0 aliphatic rings. The summed E-state index contributed by atoms with van der Waals surface area (Å²) in [5, 5.41) is 7.42. The average molecular weight is 107 g/mol. The Morgan fingerprint density at radius 1 is 1.86 bits per heavy atom. The van der Waals surface area contributed by atoms with Crippen LogP contribution in [0.1, 0.15) is 6.92 Å². The summed E-state index contributed by atoms with van der Waals surface area (Å²) < 4.78 is 0. The van der Waals surface area contributed by atoms with Gasteiger partial charge in [-0.05, 0) is 0 Å². The number of carboxylic acids is 1. The van der Waals surface area contributed by atoms with E-state index in [1.54, 1.807) is 0 Å². The molecule has 0 aromatic carbocycles. The molecule has 0 rings (SSSR count). The maximum absolute atomic E-state index is 9.00. The molecular formula is C3H9NO3. The Morgan fingerprint density at radius 2 is 1.86 bits per heavy atom. The first-order valence-corrected chi connectivity index (χ1v) is 1.57. The highest BCUT2D eigenvalue weighted by atomic mass is 16.6. The predicted octanol–water partition coefficient (Wildman–Crippen LogP) is -0.403. The van der Waals surface area contributed by atoms with Crippen molar-refractivity contribution in [3.8, 4) is 0 Å². The summed E-state index contributed by atoms with van der Waals surface area (Å²) in [7, 11) is 1.40. The Balaban J connectivity index is 0. The van der Waals surface area contributed by atoms with Gasteiger partial charge in [-0.25, -0.2) is 5.90 Å². The fraction of sp³-hybridized carbons (Fsp3) is 0.667. The van der Waals surface area contributed by atoms with Gasteiger partial charge in [0.1, 0.15) is 0 Å². The van der Waals surface area contributed by atoms with Crippen LogP contribution in [0.25, 0.3) is 0 Å². The fourth-order valence-electron chi connectivity index (χ4n) is 0. The zero-order chi connectivity index (χ0) is 6.28. The van der Waals surface area contributed by atoms with E-state index < -0.39 is 5.97 Å². The number of carboxylic acid groups (broad SMARTS) is 1. The molecular weight excluding hydrogens is 98.0 g/mol. The minimum atomic E-state index is -0.833. The molecule has 7 heavy (non-hydrogen) atoms. The highest BCUT2D eigenvalue weighted by molar-refractivity contribution is 5.62. The van der Waals surface area contributed by atoms with Crippen LogP contribution in [0, 0.1) is 0 Å². The molecule has 0 fully saturated rings. The van der Waals surface area contributed by atoms with Crippen LogP contribution in [0.15, 0.2) is 0 Å². The fourth-order valence-corrected chi connectivity index (χ4v) is 0. The maximum atomic E-state index is 9.00. The summed E-state index contributed by atoms with van der Waals surface area (Å²) in [6.07, 6.45) is 0. The first-order valence-electron chi connectivity index (χ1n) is 1.57. The molecule has 0 bridgehead atoms. The van der Waals surface area contributed by atoms with E-state index in [1.165, 1.54) is 7.11 Å². The largest absolute Gasteiger partial charge is 0.481 e. The lowest BCUT2D eigenvalue weighted by atomic mass is 10.9. The third kappa shape index (κ3) is 166. The summed E-state index contributed by atoms with van der Waals surface area (Å²) in [4.78, 5) is 12.8. The summed E-state index contributed by atoms with van der Waals surface area (Å²) in [5.41, 5.74) is 0. The van der Waals surface area contributed by atoms with Crippen molar-refractivity contribution in [2.24, 2.45) is 5.90 Å². The highest BCUT2D eigenvalue weighted by Crippen LogP contribution is 1.42.